The molecule has 5 heteroatoms. The number of hydrogen-bond acceptors (Lipinski definition) is 1. The van der Waals surface area contributed by atoms with Gasteiger partial charge in [0.25, 0.3) is 0 Å². The minimum Gasteiger partial charge on any atom is -0.293 e. The van der Waals surface area contributed by atoms with Gasteiger partial charge >= 0.3 is 0 Å². The first-order valence-corrected chi connectivity index (χ1v) is 7.66. The third-order valence-corrected chi connectivity index (χ3v) is 7.17. The molecule has 0 heterocycles. The lowest BCUT2D eigenvalue weighted by Crippen LogP contribution is -2.04. The highest BCUT2D eigenvalue weighted by Crippen LogP contribution is 2.25. The van der Waals surface area contributed by atoms with E-state index in [1.807, 2.05) is 12.1 Å². The number of carbonyl (C=O) groups is 1. The molecule has 1 rings (SSSR count). The summed E-state index contributed by atoms with van der Waals surface area (Å²) in [4.78, 5) is 11.4. The Morgan fingerprint density at radius 3 is 2.38 bits per heavy atom. The van der Waals surface area contributed by atoms with Gasteiger partial charge in [-0.2, -0.15) is 0 Å². The number of carbonyl (C=O) groups excluding carboxylic acids is 1. The van der Waals surface area contributed by atoms with Gasteiger partial charge in [0.15, 0.2) is 5.78 Å². The highest BCUT2D eigenvalue weighted by Gasteiger charge is 2.12. The molecule has 0 unspecified atom stereocenters. The SMILES string of the molecule is O=C(CBr)c1ccc(I)c(I)c1I. The molecule has 0 saturated carbocycles. The van der Waals surface area contributed by atoms with Crippen LogP contribution in [0.2, 0.25) is 0 Å². The van der Waals surface area contributed by atoms with Crippen LogP contribution in [-0.4, -0.2) is 11.1 Å². The van der Waals surface area contributed by atoms with E-state index in [2.05, 4.69) is 83.7 Å². The lowest BCUT2D eigenvalue weighted by atomic mass is 10.2. The molecule has 0 amide bonds. The van der Waals surface area contributed by atoms with Crippen molar-refractivity contribution in [2.45, 2.75) is 0 Å². The van der Waals surface area contributed by atoms with Gasteiger partial charge in [0.1, 0.15) is 0 Å². The fourth-order valence-electron chi connectivity index (χ4n) is 0.813. The van der Waals surface area contributed by atoms with Crippen molar-refractivity contribution in [1.29, 1.82) is 0 Å². The molecule has 0 aliphatic carbocycles. The Hall–Kier alpha value is 1.56. The molecule has 0 bridgehead atoms. The number of benzene rings is 1. The molecule has 0 aromatic heterocycles. The topological polar surface area (TPSA) is 17.1 Å². The molecule has 0 radical (unpaired) electrons. The second kappa shape index (κ2) is 5.59. The zero-order valence-corrected chi connectivity index (χ0v) is 14.3. The quantitative estimate of drug-likeness (QED) is 0.225. The van der Waals surface area contributed by atoms with Gasteiger partial charge < -0.3 is 0 Å². The van der Waals surface area contributed by atoms with Crippen LogP contribution in [0.1, 0.15) is 10.4 Å². The Morgan fingerprint density at radius 1 is 1.23 bits per heavy atom. The van der Waals surface area contributed by atoms with Gasteiger partial charge in [-0.15, -0.1) is 0 Å². The fraction of sp³-hybridized carbons (Fsp3) is 0.125. The molecule has 1 aromatic rings. The van der Waals surface area contributed by atoms with E-state index in [-0.39, 0.29) is 5.78 Å². The molecule has 0 spiro atoms. The lowest BCUT2D eigenvalue weighted by molar-refractivity contribution is 0.102. The summed E-state index contributed by atoms with van der Waals surface area (Å²) in [7, 11) is 0. The van der Waals surface area contributed by atoms with Gasteiger partial charge in [-0.3, -0.25) is 4.79 Å². The van der Waals surface area contributed by atoms with Crippen LogP contribution in [0.3, 0.4) is 0 Å². The van der Waals surface area contributed by atoms with Crippen molar-refractivity contribution in [1.82, 2.24) is 0 Å². The van der Waals surface area contributed by atoms with Gasteiger partial charge in [0.05, 0.1) is 5.33 Å². The maximum Gasteiger partial charge on any atom is 0.174 e. The van der Waals surface area contributed by atoms with Gasteiger partial charge in [-0.25, -0.2) is 0 Å². The maximum absolute atomic E-state index is 11.4. The van der Waals surface area contributed by atoms with Crippen LogP contribution in [0, 0.1) is 10.7 Å². The lowest BCUT2D eigenvalue weighted by Gasteiger charge is -2.05. The van der Waals surface area contributed by atoms with Crippen molar-refractivity contribution < 1.29 is 4.79 Å². The average molecular weight is 577 g/mol. The number of alkyl halides is 1. The smallest absolute Gasteiger partial charge is 0.174 e. The predicted molar refractivity (Wildman–Crippen MR) is 82.7 cm³/mol. The van der Waals surface area contributed by atoms with Gasteiger partial charge in [-0.1, -0.05) is 15.9 Å². The van der Waals surface area contributed by atoms with E-state index < -0.39 is 0 Å². The van der Waals surface area contributed by atoms with Crippen molar-refractivity contribution in [2.24, 2.45) is 0 Å². The molecule has 70 valence electrons. The molecule has 0 saturated heterocycles. The number of ketones is 1. The summed E-state index contributed by atoms with van der Waals surface area (Å²) in [6, 6.07) is 3.86. The maximum atomic E-state index is 11.4. The van der Waals surface area contributed by atoms with Crippen molar-refractivity contribution in [3.63, 3.8) is 0 Å². The molecule has 1 aromatic carbocycles. The summed E-state index contributed by atoms with van der Waals surface area (Å²) >= 11 is 9.92. The number of halogens is 4. The van der Waals surface area contributed by atoms with Gasteiger partial charge in [-0.05, 0) is 79.9 Å². The molecule has 0 atom stereocenters. The standard InChI is InChI=1S/C8H4BrI3O/c9-3-6(13)4-1-2-5(10)8(12)7(4)11/h1-2H,3H2. The third-order valence-electron chi connectivity index (χ3n) is 1.46. The highest BCUT2D eigenvalue weighted by molar-refractivity contribution is 14.1. The van der Waals surface area contributed by atoms with E-state index in [0.29, 0.717) is 5.33 Å². The van der Waals surface area contributed by atoms with E-state index in [4.69, 9.17) is 0 Å². The second-order valence-corrected chi connectivity index (χ2v) is 6.16. The van der Waals surface area contributed by atoms with Crippen LogP contribution >= 0.6 is 83.7 Å². The van der Waals surface area contributed by atoms with Crippen LogP contribution in [0.25, 0.3) is 0 Å². The van der Waals surface area contributed by atoms with Crippen LogP contribution in [-0.2, 0) is 0 Å². The molecule has 1 nitrogen and oxygen atoms in total. The van der Waals surface area contributed by atoms with Crippen LogP contribution in [0.15, 0.2) is 12.1 Å². The Balaban J connectivity index is 3.26. The van der Waals surface area contributed by atoms with E-state index in [0.717, 1.165) is 12.7 Å². The third kappa shape index (κ3) is 3.00. The molecule has 0 aliphatic heterocycles. The van der Waals surface area contributed by atoms with E-state index in [9.17, 15) is 4.79 Å². The summed E-state index contributed by atoms with van der Waals surface area (Å²) in [5.74, 6) is 0.138. The molecular weight excluding hydrogens is 573 g/mol. The minimum atomic E-state index is 0.138. The largest absolute Gasteiger partial charge is 0.293 e. The van der Waals surface area contributed by atoms with Crippen LogP contribution in [0.5, 0.6) is 0 Å². The minimum absolute atomic E-state index is 0.138. The van der Waals surface area contributed by atoms with Crippen molar-refractivity contribution >= 4 is 89.5 Å². The summed E-state index contributed by atoms with van der Waals surface area (Å²) in [6.07, 6.45) is 0. The zero-order valence-electron chi connectivity index (χ0n) is 6.28. The first-order chi connectivity index (χ1) is 6.07. The molecular formula is C8H4BrI3O. The van der Waals surface area contributed by atoms with E-state index in [1.165, 1.54) is 3.57 Å². The first-order valence-electron chi connectivity index (χ1n) is 3.30. The number of rotatable bonds is 2. The van der Waals surface area contributed by atoms with Crippen LogP contribution < -0.4 is 0 Å². The van der Waals surface area contributed by atoms with Crippen molar-refractivity contribution in [3.05, 3.63) is 28.4 Å². The zero-order chi connectivity index (χ0) is 10.0. The van der Waals surface area contributed by atoms with Crippen molar-refractivity contribution in [3.8, 4) is 0 Å². The fourth-order valence-corrected chi connectivity index (χ4v) is 3.32. The number of hydrogen-bond donors (Lipinski definition) is 0. The second-order valence-electron chi connectivity index (χ2n) is 2.28. The molecule has 13 heavy (non-hydrogen) atoms. The van der Waals surface area contributed by atoms with Gasteiger partial charge in [0.2, 0.25) is 0 Å². The van der Waals surface area contributed by atoms with Gasteiger partial charge in [0, 0.05) is 16.3 Å². The summed E-state index contributed by atoms with van der Waals surface area (Å²) in [5.41, 5.74) is 0.808. The number of Topliss-reactive ketones (excluding diaryl/α,β-unsaturated/α-hetero) is 1. The monoisotopic (exact) mass is 576 g/mol. The Bertz CT molecular complexity index is 351. The van der Waals surface area contributed by atoms with E-state index in [1.54, 1.807) is 0 Å². The normalized spacial score (nSPS) is 10.2. The molecule has 0 aliphatic rings. The average Bonchev–Trinajstić information content (AvgIpc) is 2.13. The molecule has 0 N–H and O–H groups in total. The summed E-state index contributed by atoms with van der Waals surface area (Å²) in [5, 5.41) is 0.389. The predicted octanol–water partition coefficient (Wildman–Crippen LogP) is 4.08. The van der Waals surface area contributed by atoms with Crippen LogP contribution in [0.4, 0.5) is 0 Å². The van der Waals surface area contributed by atoms with E-state index >= 15 is 0 Å². The Morgan fingerprint density at radius 2 is 1.85 bits per heavy atom. The highest BCUT2D eigenvalue weighted by atomic mass is 127. The first kappa shape index (κ1) is 12.6. The Kier molecular flexibility index (Phi) is 5.43. The molecule has 0 fully saturated rings. The Labute approximate surface area is 126 Å². The summed E-state index contributed by atoms with van der Waals surface area (Å²) in [6.45, 7) is 0. The van der Waals surface area contributed by atoms with Crippen molar-refractivity contribution in [2.75, 3.05) is 5.33 Å². The summed E-state index contributed by atoms with van der Waals surface area (Å²) < 4.78 is 3.40.